The fraction of sp³-hybridized carbons (Fsp3) is 0.0667. The van der Waals surface area contributed by atoms with Crippen LogP contribution < -0.4 is 0 Å². The van der Waals surface area contributed by atoms with E-state index in [0.29, 0.717) is 0 Å². The van der Waals surface area contributed by atoms with E-state index in [1.54, 1.807) is 0 Å². The summed E-state index contributed by atoms with van der Waals surface area (Å²) in [5.41, 5.74) is 5.51. The first kappa shape index (κ1) is 15.3. The molecular formula is C15H15Hf-3. The molecule has 0 fully saturated rings. The number of hydrogen-bond acceptors (Lipinski definition) is 0. The smallest absolute Gasteiger partial charge is 0 e. The minimum Gasteiger partial charge on any atom is -0.358 e. The second kappa shape index (κ2) is 6.15. The van der Waals surface area contributed by atoms with Gasteiger partial charge in [-0.15, -0.1) is 5.56 Å². The minimum absolute atomic E-state index is 0. The maximum Gasteiger partial charge on any atom is 0 e. The van der Waals surface area contributed by atoms with E-state index >= 15 is 0 Å². The monoisotopic (exact) mass is 375 g/mol. The van der Waals surface area contributed by atoms with E-state index in [1.807, 2.05) is 6.07 Å². The van der Waals surface area contributed by atoms with Gasteiger partial charge in [-0.2, -0.15) is 29.8 Å². The summed E-state index contributed by atoms with van der Waals surface area (Å²) in [6.45, 7) is 0. The molecule has 0 atom stereocenters. The van der Waals surface area contributed by atoms with Crippen LogP contribution in [0.2, 0.25) is 0 Å². The van der Waals surface area contributed by atoms with Crippen molar-refractivity contribution in [3.63, 3.8) is 0 Å². The summed E-state index contributed by atoms with van der Waals surface area (Å²) in [4.78, 5) is 0. The third-order valence-electron chi connectivity index (χ3n) is 2.62. The van der Waals surface area contributed by atoms with Gasteiger partial charge in [0.05, 0.1) is 0 Å². The van der Waals surface area contributed by atoms with E-state index in [1.165, 1.54) is 22.3 Å². The second-order valence-electron chi connectivity index (χ2n) is 3.40. The van der Waals surface area contributed by atoms with Crippen LogP contribution in [0.3, 0.4) is 0 Å². The van der Waals surface area contributed by atoms with Gasteiger partial charge < -0.3 is 14.9 Å². The van der Waals surface area contributed by atoms with Crippen LogP contribution in [0.4, 0.5) is 0 Å². The molecule has 0 aliphatic heterocycles. The Morgan fingerprint density at radius 2 is 1.56 bits per heavy atom. The van der Waals surface area contributed by atoms with Crippen LogP contribution in [-0.2, 0) is 32.3 Å². The maximum atomic E-state index is 3.30. The molecule has 0 aromatic heterocycles. The summed E-state index contributed by atoms with van der Waals surface area (Å²) < 4.78 is 0. The molecule has 0 nitrogen and oxygen atoms in total. The molecule has 0 N–H and O–H groups in total. The first-order valence-corrected chi connectivity index (χ1v) is 4.53. The van der Waals surface area contributed by atoms with Gasteiger partial charge in [0.15, 0.2) is 0 Å². The summed E-state index contributed by atoms with van der Waals surface area (Å²) in [5, 5.41) is 0. The summed E-state index contributed by atoms with van der Waals surface area (Å²) in [5.74, 6) is 0. The topological polar surface area (TPSA) is 0 Å². The third-order valence-corrected chi connectivity index (χ3v) is 2.62. The van der Waals surface area contributed by atoms with Crippen molar-refractivity contribution in [2.75, 3.05) is 0 Å². The molecule has 0 unspecified atom stereocenters. The van der Waals surface area contributed by atoms with Crippen LogP contribution in [0.1, 0.15) is 11.1 Å². The quantitative estimate of drug-likeness (QED) is 0.413. The Bertz CT molecular complexity index is 417. The van der Waals surface area contributed by atoms with E-state index in [9.17, 15) is 0 Å². The number of benzene rings is 2. The summed E-state index contributed by atoms with van der Waals surface area (Å²) in [6, 6.07) is 18.1. The van der Waals surface area contributed by atoms with Gasteiger partial charge in [-0.1, -0.05) is 35.4 Å². The Balaban J connectivity index is 0.000000750. The predicted molar refractivity (Wildman–Crippen MR) is 66.3 cm³/mol. The van der Waals surface area contributed by atoms with Crippen molar-refractivity contribution in [2.24, 2.45) is 0 Å². The van der Waals surface area contributed by atoms with Crippen molar-refractivity contribution >= 4 is 0 Å². The minimum atomic E-state index is 0. The molecule has 0 radical (unpaired) electrons. The zero-order valence-corrected chi connectivity index (χ0v) is 13.3. The number of hydrogen-bond donors (Lipinski definition) is 0. The van der Waals surface area contributed by atoms with Crippen LogP contribution in [0.5, 0.6) is 0 Å². The van der Waals surface area contributed by atoms with Gasteiger partial charge in [0.1, 0.15) is 0 Å². The van der Waals surface area contributed by atoms with E-state index in [4.69, 9.17) is 0 Å². The van der Waals surface area contributed by atoms with E-state index < -0.39 is 0 Å². The average Bonchev–Trinajstić information content (AvgIpc) is 2.56. The van der Waals surface area contributed by atoms with Gasteiger partial charge in [-0.3, -0.25) is 0 Å². The van der Waals surface area contributed by atoms with Gasteiger partial charge in [0, 0.05) is 25.8 Å². The normalized spacial score (nSPS) is 10.0. The fourth-order valence-corrected chi connectivity index (χ4v) is 2.00. The van der Waals surface area contributed by atoms with Crippen molar-refractivity contribution in [1.29, 1.82) is 0 Å². The fourth-order valence-electron chi connectivity index (χ4n) is 2.00. The first-order chi connectivity index (χ1) is 6.45. The molecule has 0 saturated heterocycles. The summed E-state index contributed by atoms with van der Waals surface area (Å²) >= 11 is 0. The van der Waals surface area contributed by atoms with Crippen LogP contribution in [0.15, 0.2) is 42.5 Å². The van der Waals surface area contributed by atoms with Crippen LogP contribution in [-0.4, -0.2) is 0 Å². The van der Waals surface area contributed by atoms with Crippen molar-refractivity contribution in [2.45, 2.75) is 6.42 Å². The molecule has 0 spiro atoms. The van der Waals surface area contributed by atoms with Crippen LogP contribution in [0.25, 0.3) is 11.1 Å². The third kappa shape index (κ3) is 2.35. The van der Waals surface area contributed by atoms with Gasteiger partial charge in [-0.05, 0) is 6.42 Å². The Morgan fingerprint density at radius 3 is 2.38 bits per heavy atom. The molecule has 16 heavy (non-hydrogen) atoms. The van der Waals surface area contributed by atoms with Gasteiger partial charge >= 0.3 is 0 Å². The Kier molecular flexibility index (Phi) is 5.88. The SMILES string of the molecule is [CH3-].[CH3-].[Hf].[c-]1cccc2c1Cc1ccccc1-2. The zero-order chi connectivity index (χ0) is 8.67. The summed E-state index contributed by atoms with van der Waals surface area (Å²) in [6.07, 6.45) is 1.05. The van der Waals surface area contributed by atoms with E-state index in [2.05, 4.69) is 42.5 Å². The molecule has 0 bridgehead atoms. The molecule has 1 aliphatic rings. The molecule has 1 heteroatoms. The van der Waals surface area contributed by atoms with Gasteiger partial charge in [0.2, 0.25) is 0 Å². The summed E-state index contributed by atoms with van der Waals surface area (Å²) in [7, 11) is 0. The second-order valence-corrected chi connectivity index (χ2v) is 3.40. The maximum absolute atomic E-state index is 3.30. The van der Waals surface area contributed by atoms with Gasteiger partial charge in [-0.25, -0.2) is 0 Å². The first-order valence-electron chi connectivity index (χ1n) is 4.53. The molecule has 0 amide bonds. The van der Waals surface area contributed by atoms with Crippen molar-refractivity contribution in [3.05, 3.63) is 74.5 Å². The van der Waals surface area contributed by atoms with Crippen molar-refractivity contribution in [1.82, 2.24) is 0 Å². The molecule has 1 aliphatic carbocycles. The number of fused-ring (bicyclic) bond motifs is 3. The van der Waals surface area contributed by atoms with E-state index in [-0.39, 0.29) is 40.7 Å². The Labute approximate surface area is 117 Å². The molecule has 3 rings (SSSR count). The molecule has 0 heterocycles. The van der Waals surface area contributed by atoms with Crippen LogP contribution in [0, 0.1) is 20.9 Å². The largest absolute Gasteiger partial charge is 0.358 e. The zero-order valence-electron chi connectivity index (χ0n) is 9.75. The van der Waals surface area contributed by atoms with Crippen molar-refractivity contribution < 1.29 is 25.8 Å². The standard InChI is InChI=1S/C13H9.2CH3.Hf/c1-3-7-12-10(5-1)9-11-6-2-4-8-13(11)12;;;/h1-5,7-8H,9H2;2*1H3;/q3*-1;. The molecule has 2 aromatic rings. The molecule has 2 aromatic carbocycles. The van der Waals surface area contributed by atoms with Gasteiger partial charge in [0.25, 0.3) is 0 Å². The van der Waals surface area contributed by atoms with Crippen LogP contribution >= 0.6 is 0 Å². The van der Waals surface area contributed by atoms with E-state index in [0.717, 1.165) is 6.42 Å². The average molecular weight is 374 g/mol. The predicted octanol–water partition coefficient (Wildman–Crippen LogP) is 3.96. The molecule has 82 valence electrons. The Hall–Kier alpha value is -0.690. The molecular weight excluding hydrogens is 359 g/mol. The van der Waals surface area contributed by atoms with Crippen molar-refractivity contribution in [3.8, 4) is 11.1 Å². The molecule has 0 saturated carbocycles. The Morgan fingerprint density at radius 1 is 0.875 bits per heavy atom. The number of rotatable bonds is 0.